The lowest BCUT2D eigenvalue weighted by molar-refractivity contribution is 1.37. The van der Waals surface area contributed by atoms with E-state index < -0.39 is 0 Å². The predicted octanol–water partition coefficient (Wildman–Crippen LogP) is 3.22. The van der Waals surface area contributed by atoms with Crippen molar-refractivity contribution in [2.24, 2.45) is 0 Å². The van der Waals surface area contributed by atoms with Crippen molar-refractivity contribution in [2.45, 2.75) is 11.8 Å². The molecule has 0 fully saturated rings. The van der Waals surface area contributed by atoms with E-state index in [1.54, 1.807) is 6.07 Å². The molecule has 0 aliphatic heterocycles. The van der Waals surface area contributed by atoms with Gasteiger partial charge in [-0.1, -0.05) is 11.6 Å². The third-order valence-corrected chi connectivity index (χ3v) is 2.30. The molecule has 0 saturated heterocycles. The summed E-state index contributed by atoms with van der Waals surface area (Å²) in [6, 6.07) is 5.54. The summed E-state index contributed by atoms with van der Waals surface area (Å²) < 4.78 is 0. The van der Waals surface area contributed by atoms with Gasteiger partial charge in [0, 0.05) is 9.92 Å². The topological polar surface area (TPSA) is 23.8 Å². The minimum absolute atomic E-state index is 0.743. The molecule has 1 rings (SSSR count). The summed E-state index contributed by atoms with van der Waals surface area (Å²) in [5.41, 5.74) is 1.01. The van der Waals surface area contributed by atoms with Gasteiger partial charge in [0.1, 0.15) is 5.40 Å². The van der Waals surface area contributed by atoms with Gasteiger partial charge in [0.05, 0.1) is 0 Å². The molecule has 1 nitrogen and oxygen atoms in total. The third kappa shape index (κ3) is 2.14. The molecule has 0 heterocycles. The lowest BCUT2D eigenvalue weighted by atomic mass is 10.2. The van der Waals surface area contributed by atoms with Crippen molar-refractivity contribution in [1.82, 2.24) is 0 Å². The number of hydrogen-bond acceptors (Lipinski definition) is 2. The summed E-state index contributed by atoms with van der Waals surface area (Å²) in [4.78, 5) is 0.939. The number of nitrogens with zero attached hydrogens (tertiary/aromatic N) is 1. The van der Waals surface area contributed by atoms with Crippen LogP contribution in [0.3, 0.4) is 0 Å². The summed E-state index contributed by atoms with van der Waals surface area (Å²) in [7, 11) is 0. The molecule has 0 bridgehead atoms. The van der Waals surface area contributed by atoms with Gasteiger partial charge < -0.3 is 0 Å². The second kappa shape index (κ2) is 3.66. The average molecular weight is 184 g/mol. The molecule has 0 atom stereocenters. The fourth-order valence-electron chi connectivity index (χ4n) is 0.733. The maximum Gasteiger partial charge on any atom is 0.138 e. The SMILES string of the molecule is Cc1cc(SC#N)ccc1Cl. The number of hydrogen-bond donors (Lipinski definition) is 0. The van der Waals surface area contributed by atoms with Crippen LogP contribution in [0.15, 0.2) is 23.1 Å². The molecule has 11 heavy (non-hydrogen) atoms. The quantitative estimate of drug-likeness (QED) is 0.493. The lowest BCUT2D eigenvalue weighted by Gasteiger charge is -1.97. The highest BCUT2D eigenvalue weighted by Gasteiger charge is 1.96. The maximum atomic E-state index is 8.36. The summed E-state index contributed by atoms with van der Waals surface area (Å²) in [5.74, 6) is 0. The average Bonchev–Trinajstić information content (AvgIpc) is 1.98. The third-order valence-electron chi connectivity index (χ3n) is 1.29. The first kappa shape index (κ1) is 8.45. The van der Waals surface area contributed by atoms with Gasteiger partial charge in [0.25, 0.3) is 0 Å². The van der Waals surface area contributed by atoms with E-state index in [9.17, 15) is 0 Å². The van der Waals surface area contributed by atoms with Crippen LogP contribution in [0.4, 0.5) is 0 Å². The minimum Gasteiger partial charge on any atom is -0.185 e. The Bertz CT molecular complexity index is 303. The number of thiocyanates is 1. The van der Waals surface area contributed by atoms with E-state index in [2.05, 4.69) is 0 Å². The van der Waals surface area contributed by atoms with Crippen LogP contribution in [0.25, 0.3) is 0 Å². The van der Waals surface area contributed by atoms with E-state index in [0.717, 1.165) is 27.2 Å². The first-order valence-electron chi connectivity index (χ1n) is 3.06. The first-order chi connectivity index (χ1) is 5.24. The highest BCUT2D eigenvalue weighted by atomic mass is 35.5. The molecule has 0 aromatic heterocycles. The number of benzene rings is 1. The number of rotatable bonds is 1. The van der Waals surface area contributed by atoms with Gasteiger partial charge >= 0.3 is 0 Å². The van der Waals surface area contributed by atoms with Crippen molar-refractivity contribution < 1.29 is 0 Å². The Morgan fingerprint density at radius 2 is 2.27 bits per heavy atom. The van der Waals surface area contributed by atoms with E-state index in [4.69, 9.17) is 16.9 Å². The van der Waals surface area contributed by atoms with E-state index in [1.165, 1.54) is 0 Å². The zero-order valence-electron chi connectivity index (χ0n) is 5.97. The summed E-state index contributed by atoms with van der Waals surface area (Å²) in [5, 5.41) is 11.1. The van der Waals surface area contributed by atoms with E-state index in [-0.39, 0.29) is 0 Å². The number of aryl methyl sites for hydroxylation is 1. The molecule has 0 saturated carbocycles. The van der Waals surface area contributed by atoms with E-state index in [1.807, 2.05) is 24.5 Å². The largest absolute Gasteiger partial charge is 0.185 e. The smallest absolute Gasteiger partial charge is 0.138 e. The Labute approximate surface area is 75.0 Å². The van der Waals surface area contributed by atoms with Crippen LogP contribution in [0.5, 0.6) is 0 Å². The summed E-state index contributed by atoms with van der Waals surface area (Å²) in [6.07, 6.45) is 0. The summed E-state index contributed by atoms with van der Waals surface area (Å²) in [6.45, 7) is 1.92. The summed E-state index contributed by atoms with van der Waals surface area (Å²) >= 11 is 6.93. The van der Waals surface area contributed by atoms with Crippen molar-refractivity contribution in [1.29, 1.82) is 5.26 Å². The van der Waals surface area contributed by atoms with Crippen molar-refractivity contribution in [3.8, 4) is 5.40 Å². The van der Waals surface area contributed by atoms with Gasteiger partial charge in [-0.15, -0.1) is 0 Å². The van der Waals surface area contributed by atoms with Crippen LogP contribution >= 0.6 is 23.4 Å². The fourth-order valence-corrected chi connectivity index (χ4v) is 1.33. The Morgan fingerprint density at radius 3 is 2.82 bits per heavy atom. The predicted molar refractivity (Wildman–Crippen MR) is 47.7 cm³/mol. The van der Waals surface area contributed by atoms with E-state index in [0.29, 0.717) is 0 Å². The number of thioether (sulfide) groups is 1. The molecule has 3 heteroatoms. The van der Waals surface area contributed by atoms with Crippen LogP contribution in [0, 0.1) is 17.6 Å². The van der Waals surface area contributed by atoms with Crippen molar-refractivity contribution in [3.63, 3.8) is 0 Å². The van der Waals surface area contributed by atoms with Gasteiger partial charge in [-0.25, -0.2) is 0 Å². The minimum atomic E-state index is 0.743. The normalized spacial score (nSPS) is 9.18. The zero-order valence-corrected chi connectivity index (χ0v) is 7.54. The molecule has 0 aliphatic rings. The molecule has 0 spiro atoms. The first-order valence-corrected chi connectivity index (χ1v) is 4.25. The molecule has 0 aliphatic carbocycles. The molecule has 1 aromatic rings. The van der Waals surface area contributed by atoms with Crippen LogP contribution < -0.4 is 0 Å². The monoisotopic (exact) mass is 183 g/mol. The molecular formula is C8H6ClNS. The van der Waals surface area contributed by atoms with Crippen molar-refractivity contribution in [2.75, 3.05) is 0 Å². The van der Waals surface area contributed by atoms with Gasteiger partial charge in [0.2, 0.25) is 0 Å². The van der Waals surface area contributed by atoms with Gasteiger partial charge in [-0.05, 0) is 42.4 Å². The Balaban J connectivity index is 2.98. The van der Waals surface area contributed by atoms with Crippen LogP contribution in [0.2, 0.25) is 5.02 Å². The molecule has 0 N–H and O–H groups in total. The van der Waals surface area contributed by atoms with Gasteiger partial charge in [-0.2, -0.15) is 5.26 Å². The Hall–Kier alpha value is -0.650. The second-order valence-corrected chi connectivity index (χ2v) is 3.37. The molecule has 56 valence electrons. The molecule has 0 unspecified atom stereocenters. The van der Waals surface area contributed by atoms with Gasteiger partial charge in [0.15, 0.2) is 0 Å². The number of nitriles is 1. The molecule has 0 radical (unpaired) electrons. The lowest BCUT2D eigenvalue weighted by Crippen LogP contribution is -1.75. The molecule has 0 amide bonds. The van der Waals surface area contributed by atoms with Crippen LogP contribution in [-0.4, -0.2) is 0 Å². The van der Waals surface area contributed by atoms with Crippen LogP contribution in [-0.2, 0) is 0 Å². The molecular weight excluding hydrogens is 178 g/mol. The molecule has 1 aromatic carbocycles. The maximum absolute atomic E-state index is 8.36. The fraction of sp³-hybridized carbons (Fsp3) is 0.125. The zero-order chi connectivity index (χ0) is 8.27. The second-order valence-electron chi connectivity index (χ2n) is 2.10. The number of halogens is 1. The highest BCUT2D eigenvalue weighted by molar-refractivity contribution is 8.03. The van der Waals surface area contributed by atoms with Gasteiger partial charge in [-0.3, -0.25) is 0 Å². The van der Waals surface area contributed by atoms with Crippen molar-refractivity contribution >= 4 is 23.4 Å². The van der Waals surface area contributed by atoms with Crippen molar-refractivity contribution in [3.05, 3.63) is 28.8 Å². The Kier molecular flexibility index (Phi) is 2.81. The Morgan fingerprint density at radius 1 is 1.55 bits per heavy atom. The standard InChI is InChI=1S/C8H6ClNS/c1-6-4-7(11-5-10)2-3-8(6)9/h2-4H,1H3. The highest BCUT2D eigenvalue weighted by Crippen LogP contribution is 2.22. The van der Waals surface area contributed by atoms with Crippen LogP contribution in [0.1, 0.15) is 5.56 Å². The van der Waals surface area contributed by atoms with E-state index >= 15 is 0 Å².